The van der Waals surface area contributed by atoms with Gasteiger partial charge in [-0.05, 0) is 54.3 Å². The Morgan fingerprint density at radius 2 is 1.80 bits per heavy atom. The van der Waals surface area contributed by atoms with Crippen molar-refractivity contribution < 1.29 is 12.8 Å². The van der Waals surface area contributed by atoms with Crippen LogP contribution in [0, 0.1) is 11.7 Å². The first kappa shape index (κ1) is 18.2. The number of hydrogen-bond acceptors (Lipinski definition) is 3. The predicted octanol–water partition coefficient (Wildman–Crippen LogP) is 3.43. The molecule has 1 atom stereocenters. The molecule has 1 saturated heterocycles. The van der Waals surface area contributed by atoms with Crippen LogP contribution in [0.5, 0.6) is 0 Å². The summed E-state index contributed by atoms with van der Waals surface area (Å²) in [6.45, 7) is 2.11. The molecule has 1 unspecified atom stereocenters. The van der Waals surface area contributed by atoms with Crippen LogP contribution in [0.1, 0.15) is 12.0 Å². The Morgan fingerprint density at radius 1 is 1.12 bits per heavy atom. The van der Waals surface area contributed by atoms with Gasteiger partial charge in [-0.1, -0.05) is 23.7 Å². The van der Waals surface area contributed by atoms with Gasteiger partial charge in [-0.15, -0.1) is 0 Å². The zero-order chi connectivity index (χ0) is 17.9. The van der Waals surface area contributed by atoms with E-state index in [2.05, 4.69) is 9.62 Å². The second-order valence-electron chi connectivity index (χ2n) is 6.31. The molecule has 0 saturated carbocycles. The number of hydrogen-bond donors (Lipinski definition) is 1. The number of rotatable bonds is 6. The average Bonchev–Trinajstić information content (AvgIpc) is 3.05. The highest BCUT2D eigenvalue weighted by Gasteiger charge is 2.24. The van der Waals surface area contributed by atoms with Gasteiger partial charge in [0.15, 0.2) is 0 Å². The molecule has 1 fully saturated rings. The van der Waals surface area contributed by atoms with Crippen LogP contribution in [0.2, 0.25) is 5.02 Å². The molecule has 2 aromatic carbocycles. The van der Waals surface area contributed by atoms with Crippen molar-refractivity contribution in [1.82, 2.24) is 4.72 Å². The van der Waals surface area contributed by atoms with Gasteiger partial charge in [0.1, 0.15) is 5.82 Å². The molecule has 1 aliphatic rings. The highest BCUT2D eigenvalue weighted by atomic mass is 35.5. The molecule has 2 aromatic rings. The van der Waals surface area contributed by atoms with Gasteiger partial charge in [0, 0.05) is 30.3 Å². The first-order valence-corrected chi connectivity index (χ1v) is 10.2. The summed E-state index contributed by atoms with van der Waals surface area (Å²) in [5.74, 6) is -0.248. The minimum absolute atomic E-state index is 0.138. The Kier molecular flexibility index (Phi) is 5.61. The molecule has 7 heteroatoms. The van der Waals surface area contributed by atoms with E-state index in [1.807, 2.05) is 24.3 Å². The number of nitrogens with zero attached hydrogens (tertiary/aromatic N) is 1. The van der Waals surface area contributed by atoms with E-state index in [9.17, 15) is 12.8 Å². The van der Waals surface area contributed by atoms with Crippen LogP contribution in [-0.2, 0) is 15.8 Å². The van der Waals surface area contributed by atoms with Gasteiger partial charge in [-0.2, -0.15) is 0 Å². The van der Waals surface area contributed by atoms with Crippen LogP contribution >= 0.6 is 11.6 Å². The zero-order valence-corrected chi connectivity index (χ0v) is 15.2. The molecule has 25 heavy (non-hydrogen) atoms. The Hall–Kier alpha value is -1.63. The minimum atomic E-state index is -3.43. The molecule has 0 bridgehead atoms. The van der Waals surface area contributed by atoms with Crippen LogP contribution in [-0.4, -0.2) is 28.1 Å². The SMILES string of the molecule is O=S(=O)(Cc1ccc(F)cc1)NCC1CCN(c2ccc(Cl)cc2)C1. The van der Waals surface area contributed by atoms with Gasteiger partial charge in [-0.25, -0.2) is 17.5 Å². The maximum absolute atomic E-state index is 12.9. The molecule has 0 spiro atoms. The molecule has 1 aliphatic heterocycles. The van der Waals surface area contributed by atoms with E-state index >= 15 is 0 Å². The fourth-order valence-electron chi connectivity index (χ4n) is 2.98. The quantitative estimate of drug-likeness (QED) is 0.832. The molecule has 0 amide bonds. The van der Waals surface area contributed by atoms with Crippen molar-refractivity contribution in [3.63, 3.8) is 0 Å². The number of benzene rings is 2. The van der Waals surface area contributed by atoms with E-state index in [1.54, 1.807) is 0 Å². The summed E-state index contributed by atoms with van der Waals surface area (Å²) in [4.78, 5) is 2.23. The van der Waals surface area contributed by atoms with Crippen molar-refractivity contribution in [1.29, 1.82) is 0 Å². The zero-order valence-electron chi connectivity index (χ0n) is 13.7. The smallest absolute Gasteiger partial charge is 0.215 e. The van der Waals surface area contributed by atoms with Gasteiger partial charge in [0.25, 0.3) is 0 Å². The molecule has 0 aromatic heterocycles. The standard InChI is InChI=1S/C18H20ClFN2O2S/c19-16-3-7-18(8-4-16)22-10-9-15(12-22)11-21-25(23,24)13-14-1-5-17(20)6-2-14/h1-8,15,21H,9-13H2. The molecule has 134 valence electrons. The molecular formula is C18H20ClFN2O2S. The first-order valence-electron chi connectivity index (χ1n) is 8.13. The highest BCUT2D eigenvalue weighted by Crippen LogP contribution is 2.25. The second kappa shape index (κ2) is 7.72. The van der Waals surface area contributed by atoms with E-state index in [-0.39, 0.29) is 17.5 Å². The number of anilines is 1. The van der Waals surface area contributed by atoms with Crippen LogP contribution in [0.3, 0.4) is 0 Å². The third kappa shape index (κ3) is 5.17. The normalized spacial score (nSPS) is 17.8. The Morgan fingerprint density at radius 3 is 2.48 bits per heavy atom. The van der Waals surface area contributed by atoms with Crippen molar-refractivity contribution in [2.24, 2.45) is 5.92 Å². The molecule has 3 rings (SSSR count). The Balaban J connectivity index is 1.51. The van der Waals surface area contributed by atoms with Gasteiger partial charge in [-0.3, -0.25) is 0 Å². The lowest BCUT2D eigenvalue weighted by Crippen LogP contribution is -2.31. The molecule has 1 N–H and O–H groups in total. The maximum Gasteiger partial charge on any atom is 0.215 e. The summed E-state index contributed by atoms with van der Waals surface area (Å²) in [5, 5.41) is 0.702. The van der Waals surface area contributed by atoms with E-state index in [4.69, 9.17) is 11.6 Å². The van der Waals surface area contributed by atoms with Gasteiger partial charge >= 0.3 is 0 Å². The summed E-state index contributed by atoms with van der Waals surface area (Å²) >= 11 is 5.91. The fraction of sp³-hybridized carbons (Fsp3) is 0.333. The van der Waals surface area contributed by atoms with Crippen molar-refractivity contribution in [2.45, 2.75) is 12.2 Å². The molecule has 4 nitrogen and oxygen atoms in total. The van der Waals surface area contributed by atoms with Gasteiger partial charge in [0.2, 0.25) is 10.0 Å². The van der Waals surface area contributed by atoms with E-state index in [1.165, 1.54) is 24.3 Å². The largest absolute Gasteiger partial charge is 0.371 e. The van der Waals surface area contributed by atoms with Gasteiger partial charge in [0.05, 0.1) is 5.75 Å². The van der Waals surface area contributed by atoms with Gasteiger partial charge < -0.3 is 4.90 Å². The third-order valence-corrected chi connectivity index (χ3v) is 5.91. The lowest BCUT2D eigenvalue weighted by atomic mass is 10.1. The molecule has 1 heterocycles. The van der Waals surface area contributed by atoms with Crippen LogP contribution in [0.25, 0.3) is 0 Å². The van der Waals surface area contributed by atoms with E-state index in [0.717, 1.165) is 25.2 Å². The Bertz CT molecular complexity index is 810. The van der Waals surface area contributed by atoms with E-state index in [0.29, 0.717) is 17.1 Å². The lowest BCUT2D eigenvalue weighted by Gasteiger charge is -2.19. The van der Waals surface area contributed by atoms with Crippen LogP contribution in [0.15, 0.2) is 48.5 Å². The summed E-state index contributed by atoms with van der Waals surface area (Å²) in [6.07, 6.45) is 0.932. The minimum Gasteiger partial charge on any atom is -0.371 e. The molecule has 0 aliphatic carbocycles. The van der Waals surface area contributed by atoms with Crippen molar-refractivity contribution >= 4 is 27.3 Å². The summed E-state index contributed by atoms with van der Waals surface area (Å²) in [5.41, 5.74) is 1.67. The van der Waals surface area contributed by atoms with Crippen LogP contribution in [0.4, 0.5) is 10.1 Å². The summed E-state index contributed by atoms with van der Waals surface area (Å²) in [7, 11) is -3.43. The monoisotopic (exact) mass is 382 g/mol. The fourth-order valence-corrected chi connectivity index (χ4v) is 4.33. The van der Waals surface area contributed by atoms with Crippen molar-refractivity contribution in [3.05, 3.63) is 64.9 Å². The Labute approximate surface area is 152 Å². The number of halogens is 2. The second-order valence-corrected chi connectivity index (χ2v) is 8.55. The summed E-state index contributed by atoms with van der Waals surface area (Å²) in [6, 6.07) is 13.2. The first-order chi connectivity index (χ1) is 11.9. The predicted molar refractivity (Wildman–Crippen MR) is 98.8 cm³/mol. The third-order valence-electron chi connectivity index (χ3n) is 4.34. The molecule has 0 radical (unpaired) electrons. The number of nitrogens with one attached hydrogen (secondary N) is 1. The molecular weight excluding hydrogens is 363 g/mol. The number of sulfonamides is 1. The van der Waals surface area contributed by atoms with Crippen molar-refractivity contribution in [3.8, 4) is 0 Å². The van der Waals surface area contributed by atoms with Crippen molar-refractivity contribution in [2.75, 3.05) is 24.5 Å². The topological polar surface area (TPSA) is 49.4 Å². The average molecular weight is 383 g/mol. The maximum atomic E-state index is 12.9. The lowest BCUT2D eigenvalue weighted by molar-refractivity contribution is 0.541. The summed E-state index contributed by atoms with van der Waals surface area (Å²) < 4.78 is 40.0. The van der Waals surface area contributed by atoms with Crippen LogP contribution < -0.4 is 9.62 Å². The highest BCUT2D eigenvalue weighted by molar-refractivity contribution is 7.88. The van der Waals surface area contributed by atoms with E-state index < -0.39 is 10.0 Å².